The average Bonchev–Trinajstić information content (AvgIpc) is 2.42. The summed E-state index contributed by atoms with van der Waals surface area (Å²) in [7, 11) is 0. The molecule has 0 unspecified atom stereocenters. The monoisotopic (exact) mass is 314 g/mol. The first-order valence-electron chi connectivity index (χ1n) is 5.41. The zero-order chi connectivity index (χ0) is 14.7. The Hall–Kier alpha value is -1.79. The normalized spacial score (nSPS) is 11.7. The maximum absolute atomic E-state index is 13.5. The van der Waals surface area contributed by atoms with Crippen LogP contribution >= 0.6 is 23.4 Å². The number of halogens is 3. The van der Waals surface area contributed by atoms with Gasteiger partial charge in [0.2, 0.25) is 0 Å². The highest BCUT2D eigenvalue weighted by molar-refractivity contribution is 7.99. The van der Waals surface area contributed by atoms with E-state index in [4.69, 9.17) is 22.5 Å². The van der Waals surface area contributed by atoms with E-state index in [1.54, 1.807) is 6.07 Å². The number of amidine groups is 1. The van der Waals surface area contributed by atoms with E-state index in [1.807, 2.05) is 0 Å². The predicted molar refractivity (Wildman–Crippen MR) is 74.4 cm³/mol. The van der Waals surface area contributed by atoms with Crippen LogP contribution in [0.15, 0.2) is 51.3 Å². The van der Waals surface area contributed by atoms with Gasteiger partial charge in [0, 0.05) is 10.5 Å². The molecule has 0 saturated carbocycles. The Morgan fingerprint density at radius 3 is 2.60 bits per heavy atom. The van der Waals surface area contributed by atoms with Crippen LogP contribution in [0.5, 0.6) is 0 Å². The molecular formula is C13H9ClF2N2OS. The standard InChI is InChI=1S/C13H9ClF2N2OS/c14-10-6-8(2-3-9(10)13(17)18-19)20-12-5-7(15)1-4-11(12)16/h1-6,19H,(H2,17,18). The lowest BCUT2D eigenvalue weighted by Crippen LogP contribution is -2.13. The van der Waals surface area contributed by atoms with Crippen molar-refractivity contribution in [1.82, 2.24) is 0 Å². The fourth-order valence-electron chi connectivity index (χ4n) is 1.50. The minimum Gasteiger partial charge on any atom is -0.409 e. The minimum absolute atomic E-state index is 0.122. The summed E-state index contributed by atoms with van der Waals surface area (Å²) in [5.41, 5.74) is 5.80. The molecule has 104 valence electrons. The summed E-state index contributed by atoms with van der Waals surface area (Å²) < 4.78 is 26.6. The molecule has 3 nitrogen and oxygen atoms in total. The molecule has 2 aromatic carbocycles. The molecular weight excluding hydrogens is 306 g/mol. The highest BCUT2D eigenvalue weighted by atomic mass is 35.5. The molecule has 0 radical (unpaired) electrons. The third-order valence-corrected chi connectivity index (χ3v) is 3.78. The van der Waals surface area contributed by atoms with Gasteiger partial charge in [0.25, 0.3) is 0 Å². The van der Waals surface area contributed by atoms with Crippen molar-refractivity contribution in [1.29, 1.82) is 0 Å². The van der Waals surface area contributed by atoms with Crippen molar-refractivity contribution < 1.29 is 14.0 Å². The number of hydrogen-bond donors (Lipinski definition) is 2. The molecule has 3 N–H and O–H groups in total. The number of hydrogen-bond acceptors (Lipinski definition) is 3. The van der Waals surface area contributed by atoms with E-state index < -0.39 is 11.6 Å². The number of nitrogens with zero attached hydrogens (tertiary/aromatic N) is 1. The Labute approximate surface area is 123 Å². The number of rotatable bonds is 3. The highest BCUT2D eigenvalue weighted by Gasteiger charge is 2.10. The zero-order valence-electron chi connectivity index (χ0n) is 9.98. The number of oxime groups is 1. The number of nitrogens with two attached hydrogens (primary N) is 1. The molecule has 0 aliphatic heterocycles. The van der Waals surface area contributed by atoms with Crippen molar-refractivity contribution in [3.63, 3.8) is 0 Å². The molecule has 0 heterocycles. The summed E-state index contributed by atoms with van der Waals surface area (Å²) in [6.45, 7) is 0. The smallest absolute Gasteiger partial charge is 0.171 e. The van der Waals surface area contributed by atoms with Crippen molar-refractivity contribution in [3.8, 4) is 0 Å². The molecule has 20 heavy (non-hydrogen) atoms. The molecule has 0 bridgehead atoms. The van der Waals surface area contributed by atoms with E-state index in [0.717, 1.165) is 30.0 Å². The lowest BCUT2D eigenvalue weighted by molar-refractivity contribution is 0.318. The second-order valence-corrected chi connectivity index (χ2v) is 5.33. The summed E-state index contributed by atoms with van der Waals surface area (Å²) in [5, 5.41) is 11.7. The van der Waals surface area contributed by atoms with E-state index in [0.29, 0.717) is 10.5 Å². The predicted octanol–water partition coefficient (Wildman–Crippen LogP) is 3.86. The van der Waals surface area contributed by atoms with Crippen LogP contribution in [0, 0.1) is 11.6 Å². The van der Waals surface area contributed by atoms with Gasteiger partial charge in [-0.1, -0.05) is 28.5 Å². The fourth-order valence-corrected chi connectivity index (χ4v) is 2.75. The van der Waals surface area contributed by atoms with E-state index in [-0.39, 0.29) is 15.8 Å². The van der Waals surface area contributed by atoms with Crippen LogP contribution in [-0.4, -0.2) is 11.0 Å². The second-order valence-electron chi connectivity index (χ2n) is 3.80. The van der Waals surface area contributed by atoms with Gasteiger partial charge < -0.3 is 10.9 Å². The van der Waals surface area contributed by atoms with Crippen molar-refractivity contribution in [2.24, 2.45) is 10.9 Å². The quantitative estimate of drug-likeness (QED) is 0.391. The summed E-state index contributed by atoms with van der Waals surface area (Å²) in [6, 6.07) is 7.90. The molecule has 2 aromatic rings. The SMILES string of the molecule is NC(=NO)c1ccc(Sc2cc(F)ccc2F)cc1Cl. The largest absolute Gasteiger partial charge is 0.409 e. The summed E-state index contributed by atoms with van der Waals surface area (Å²) in [6.07, 6.45) is 0. The number of benzene rings is 2. The summed E-state index contributed by atoms with van der Waals surface area (Å²) >= 11 is 7.02. The van der Waals surface area contributed by atoms with E-state index >= 15 is 0 Å². The van der Waals surface area contributed by atoms with Crippen LogP contribution in [0.25, 0.3) is 0 Å². The topological polar surface area (TPSA) is 58.6 Å². The van der Waals surface area contributed by atoms with Gasteiger partial charge in [-0.3, -0.25) is 0 Å². The van der Waals surface area contributed by atoms with Crippen LogP contribution in [0.4, 0.5) is 8.78 Å². The molecule has 0 aromatic heterocycles. The van der Waals surface area contributed by atoms with Crippen LogP contribution < -0.4 is 5.73 Å². The van der Waals surface area contributed by atoms with Crippen molar-refractivity contribution >= 4 is 29.2 Å². The first-order chi connectivity index (χ1) is 9.51. The summed E-state index contributed by atoms with van der Waals surface area (Å²) in [4.78, 5) is 0.756. The molecule has 2 rings (SSSR count). The Bertz CT molecular complexity index is 679. The fraction of sp³-hybridized carbons (Fsp3) is 0. The van der Waals surface area contributed by atoms with Crippen LogP contribution in [-0.2, 0) is 0 Å². The molecule has 0 aliphatic rings. The maximum atomic E-state index is 13.5. The Morgan fingerprint density at radius 2 is 1.95 bits per heavy atom. The first-order valence-corrected chi connectivity index (χ1v) is 6.61. The van der Waals surface area contributed by atoms with Gasteiger partial charge in [-0.15, -0.1) is 0 Å². The Morgan fingerprint density at radius 1 is 1.20 bits per heavy atom. The van der Waals surface area contributed by atoms with Crippen molar-refractivity contribution in [2.45, 2.75) is 9.79 Å². The van der Waals surface area contributed by atoms with Crippen molar-refractivity contribution in [2.75, 3.05) is 0 Å². The molecule has 0 saturated heterocycles. The molecule has 0 aliphatic carbocycles. The first kappa shape index (κ1) is 14.6. The van der Waals surface area contributed by atoms with Crippen LogP contribution in [0.3, 0.4) is 0 Å². The van der Waals surface area contributed by atoms with Gasteiger partial charge in [-0.25, -0.2) is 8.78 Å². The van der Waals surface area contributed by atoms with Gasteiger partial charge in [-0.05, 0) is 36.4 Å². The van der Waals surface area contributed by atoms with Gasteiger partial charge in [0.15, 0.2) is 5.84 Å². The van der Waals surface area contributed by atoms with Gasteiger partial charge >= 0.3 is 0 Å². The molecule has 0 atom stereocenters. The van der Waals surface area contributed by atoms with Crippen LogP contribution in [0.1, 0.15) is 5.56 Å². The Kier molecular flexibility index (Phi) is 4.46. The zero-order valence-corrected chi connectivity index (χ0v) is 11.6. The highest BCUT2D eigenvalue weighted by Crippen LogP contribution is 2.32. The van der Waals surface area contributed by atoms with Gasteiger partial charge in [0.1, 0.15) is 11.6 Å². The minimum atomic E-state index is -0.520. The third-order valence-electron chi connectivity index (χ3n) is 2.45. The molecule has 0 spiro atoms. The maximum Gasteiger partial charge on any atom is 0.171 e. The lowest BCUT2D eigenvalue weighted by Gasteiger charge is -2.07. The second kappa shape index (κ2) is 6.11. The van der Waals surface area contributed by atoms with E-state index in [9.17, 15) is 8.78 Å². The lowest BCUT2D eigenvalue weighted by atomic mass is 10.2. The third kappa shape index (κ3) is 3.20. The molecule has 0 amide bonds. The van der Waals surface area contributed by atoms with Crippen molar-refractivity contribution in [3.05, 3.63) is 58.6 Å². The average molecular weight is 315 g/mol. The van der Waals surface area contributed by atoms with E-state index in [2.05, 4.69) is 5.16 Å². The van der Waals surface area contributed by atoms with Gasteiger partial charge in [0.05, 0.1) is 9.92 Å². The van der Waals surface area contributed by atoms with E-state index in [1.165, 1.54) is 12.1 Å². The Balaban J connectivity index is 2.31. The van der Waals surface area contributed by atoms with Gasteiger partial charge in [-0.2, -0.15) is 0 Å². The summed E-state index contributed by atoms with van der Waals surface area (Å²) in [5.74, 6) is -1.16. The molecule has 7 heteroatoms. The van der Waals surface area contributed by atoms with Crippen LogP contribution in [0.2, 0.25) is 5.02 Å². The molecule has 0 fully saturated rings.